The molecule has 0 aromatic heterocycles. The van der Waals surface area contributed by atoms with Gasteiger partial charge in [0, 0.05) is 0 Å². The highest BCUT2D eigenvalue weighted by Crippen LogP contribution is 2.13. The minimum Gasteiger partial charge on any atom is -0.464 e. The van der Waals surface area contributed by atoms with E-state index in [9.17, 15) is 13.2 Å². The highest BCUT2D eigenvalue weighted by Gasteiger charge is 2.27. The van der Waals surface area contributed by atoms with E-state index in [-0.39, 0.29) is 12.5 Å². The lowest BCUT2D eigenvalue weighted by atomic mass is 10.0. The highest BCUT2D eigenvalue weighted by atomic mass is 32.2. The highest BCUT2D eigenvalue weighted by molar-refractivity contribution is 7.87. The fourth-order valence-electron chi connectivity index (χ4n) is 1.34. The third kappa shape index (κ3) is 6.63. The smallest absolute Gasteiger partial charge is 0.326 e. The summed E-state index contributed by atoms with van der Waals surface area (Å²) in [7, 11) is -4.35. The molecule has 1 N–H and O–H groups in total. The summed E-state index contributed by atoms with van der Waals surface area (Å²) in [6, 6.07) is 0. The lowest BCUT2D eigenvalue weighted by molar-refractivity contribution is -0.144. The number of ether oxygens (including phenoxy) is 1. The van der Waals surface area contributed by atoms with E-state index in [4.69, 9.17) is 9.29 Å². The van der Waals surface area contributed by atoms with Gasteiger partial charge < -0.3 is 4.74 Å². The lowest BCUT2D eigenvalue weighted by Gasteiger charge is -2.15. The summed E-state index contributed by atoms with van der Waals surface area (Å²) in [5.74, 6) is -0.630. The number of carbonyl (C=O) groups excluding carboxylic acids is 1. The second-order valence-corrected chi connectivity index (χ2v) is 5.94. The predicted octanol–water partition coefficient (Wildman–Crippen LogP) is 2.02. The molecule has 0 bridgehead atoms. The van der Waals surface area contributed by atoms with Gasteiger partial charge in [0.2, 0.25) is 0 Å². The Morgan fingerprint density at radius 3 is 2.35 bits per heavy atom. The van der Waals surface area contributed by atoms with Gasteiger partial charge in [-0.15, -0.1) is 0 Å². The van der Waals surface area contributed by atoms with Crippen LogP contribution in [0.4, 0.5) is 0 Å². The molecule has 102 valence electrons. The average molecular weight is 266 g/mol. The van der Waals surface area contributed by atoms with Crippen LogP contribution in [0.15, 0.2) is 0 Å². The van der Waals surface area contributed by atoms with Gasteiger partial charge in [-0.3, -0.25) is 9.35 Å². The van der Waals surface area contributed by atoms with Crippen LogP contribution in [-0.2, 0) is 19.6 Å². The molecule has 2 atom stereocenters. The second kappa shape index (κ2) is 7.66. The molecule has 0 aromatic rings. The SMILES string of the molecule is CCCCC(CC)COC(=O)C(C)S(=O)(=O)O. The summed E-state index contributed by atoms with van der Waals surface area (Å²) in [4.78, 5) is 11.3. The maximum atomic E-state index is 11.3. The summed E-state index contributed by atoms with van der Waals surface area (Å²) >= 11 is 0. The minimum absolute atomic E-state index is 0.217. The molecule has 0 aliphatic carbocycles. The van der Waals surface area contributed by atoms with E-state index in [1.54, 1.807) is 0 Å². The Hall–Kier alpha value is -0.620. The summed E-state index contributed by atoms with van der Waals surface area (Å²) in [5, 5.41) is -1.51. The molecule has 17 heavy (non-hydrogen) atoms. The van der Waals surface area contributed by atoms with Gasteiger partial charge in [-0.25, -0.2) is 0 Å². The van der Waals surface area contributed by atoms with Gasteiger partial charge in [0.15, 0.2) is 5.25 Å². The van der Waals surface area contributed by atoms with Crippen molar-refractivity contribution in [2.75, 3.05) is 6.61 Å². The number of carbonyl (C=O) groups is 1. The largest absolute Gasteiger partial charge is 0.464 e. The maximum absolute atomic E-state index is 11.3. The van der Waals surface area contributed by atoms with E-state index in [1.807, 2.05) is 6.92 Å². The van der Waals surface area contributed by atoms with Crippen molar-refractivity contribution in [3.63, 3.8) is 0 Å². The molecule has 6 heteroatoms. The molecular formula is C11H22O5S. The first-order valence-electron chi connectivity index (χ1n) is 5.95. The first kappa shape index (κ1) is 16.4. The van der Waals surface area contributed by atoms with Crippen LogP contribution in [-0.4, -0.2) is 30.8 Å². The van der Waals surface area contributed by atoms with Crippen LogP contribution < -0.4 is 0 Å². The number of unbranched alkanes of at least 4 members (excludes halogenated alkanes) is 1. The van der Waals surface area contributed by atoms with Crippen LogP contribution in [0.1, 0.15) is 46.5 Å². The van der Waals surface area contributed by atoms with Crippen LogP contribution in [0, 0.1) is 5.92 Å². The number of esters is 1. The number of hydrogen-bond donors (Lipinski definition) is 1. The molecule has 0 heterocycles. The Bertz CT molecular complexity index is 323. The Morgan fingerprint density at radius 2 is 1.94 bits per heavy atom. The Labute approximate surface area is 103 Å². The summed E-state index contributed by atoms with van der Waals surface area (Å²) in [6.07, 6.45) is 3.98. The molecule has 0 aliphatic heterocycles. The van der Waals surface area contributed by atoms with Gasteiger partial charge in [-0.1, -0.05) is 33.1 Å². The third-order valence-corrected chi connectivity index (χ3v) is 3.87. The van der Waals surface area contributed by atoms with Gasteiger partial charge in [0.1, 0.15) is 0 Å². The van der Waals surface area contributed by atoms with Gasteiger partial charge >= 0.3 is 5.97 Å². The Balaban J connectivity index is 4.13. The third-order valence-electron chi connectivity index (χ3n) is 2.78. The standard InChI is InChI=1S/C11H22O5S/c1-4-6-7-10(5-2)8-16-11(12)9(3)17(13,14)15/h9-10H,4-8H2,1-3H3,(H,13,14,15). The maximum Gasteiger partial charge on any atom is 0.326 e. The van der Waals surface area contributed by atoms with Gasteiger partial charge in [-0.05, 0) is 19.3 Å². The molecule has 0 saturated heterocycles. The molecule has 0 aromatic carbocycles. The van der Waals surface area contributed by atoms with Gasteiger partial charge in [-0.2, -0.15) is 8.42 Å². The molecule has 0 amide bonds. The summed E-state index contributed by atoms with van der Waals surface area (Å²) in [5.41, 5.74) is 0. The van der Waals surface area contributed by atoms with E-state index in [2.05, 4.69) is 6.92 Å². The fraction of sp³-hybridized carbons (Fsp3) is 0.909. The molecule has 0 saturated carbocycles. The lowest BCUT2D eigenvalue weighted by Crippen LogP contribution is -2.30. The monoisotopic (exact) mass is 266 g/mol. The van der Waals surface area contributed by atoms with E-state index in [0.29, 0.717) is 0 Å². The van der Waals surface area contributed by atoms with Crippen molar-refractivity contribution in [3.8, 4) is 0 Å². The summed E-state index contributed by atoms with van der Waals surface area (Å²) in [6.45, 7) is 5.42. The van der Waals surface area contributed by atoms with E-state index in [0.717, 1.165) is 32.6 Å². The minimum atomic E-state index is -4.35. The van der Waals surface area contributed by atoms with Crippen molar-refractivity contribution in [3.05, 3.63) is 0 Å². The molecule has 0 fully saturated rings. The van der Waals surface area contributed by atoms with Crippen LogP contribution in [0.5, 0.6) is 0 Å². The van der Waals surface area contributed by atoms with Crippen molar-refractivity contribution in [2.45, 2.75) is 51.7 Å². The van der Waals surface area contributed by atoms with Crippen molar-refractivity contribution in [1.82, 2.24) is 0 Å². The first-order chi connectivity index (χ1) is 7.82. The number of rotatable bonds is 8. The molecule has 0 rings (SSSR count). The van der Waals surface area contributed by atoms with Crippen LogP contribution in [0.25, 0.3) is 0 Å². The quantitative estimate of drug-likeness (QED) is 0.537. The number of hydrogen-bond acceptors (Lipinski definition) is 4. The molecule has 2 unspecified atom stereocenters. The molecule has 0 aliphatic rings. The first-order valence-corrected chi connectivity index (χ1v) is 7.46. The molecular weight excluding hydrogens is 244 g/mol. The second-order valence-electron chi connectivity index (χ2n) is 4.20. The van der Waals surface area contributed by atoms with Gasteiger partial charge in [0.25, 0.3) is 10.1 Å². The molecule has 0 spiro atoms. The Morgan fingerprint density at radius 1 is 1.35 bits per heavy atom. The zero-order valence-corrected chi connectivity index (χ0v) is 11.5. The van der Waals surface area contributed by atoms with Crippen LogP contribution in [0.2, 0.25) is 0 Å². The normalized spacial score (nSPS) is 15.3. The summed E-state index contributed by atoms with van der Waals surface area (Å²) < 4.78 is 35.0. The van der Waals surface area contributed by atoms with E-state index >= 15 is 0 Å². The van der Waals surface area contributed by atoms with Crippen molar-refractivity contribution in [1.29, 1.82) is 0 Å². The van der Waals surface area contributed by atoms with Crippen molar-refractivity contribution >= 4 is 16.1 Å². The van der Waals surface area contributed by atoms with E-state index < -0.39 is 21.3 Å². The molecule has 0 radical (unpaired) electrons. The molecule has 5 nitrogen and oxygen atoms in total. The van der Waals surface area contributed by atoms with Crippen LogP contribution in [0.3, 0.4) is 0 Å². The Kier molecular flexibility index (Phi) is 7.38. The predicted molar refractivity (Wildman–Crippen MR) is 65.3 cm³/mol. The zero-order chi connectivity index (χ0) is 13.5. The van der Waals surface area contributed by atoms with Crippen molar-refractivity contribution in [2.24, 2.45) is 5.92 Å². The fourth-order valence-corrected chi connectivity index (χ4v) is 1.65. The average Bonchev–Trinajstić information content (AvgIpc) is 2.26. The zero-order valence-electron chi connectivity index (χ0n) is 10.7. The van der Waals surface area contributed by atoms with Crippen LogP contribution >= 0.6 is 0 Å². The van der Waals surface area contributed by atoms with Gasteiger partial charge in [0.05, 0.1) is 6.61 Å². The topological polar surface area (TPSA) is 80.7 Å². The van der Waals surface area contributed by atoms with E-state index in [1.165, 1.54) is 0 Å². The van der Waals surface area contributed by atoms with Crippen molar-refractivity contribution < 1.29 is 22.5 Å².